The molecule has 0 aliphatic heterocycles. The summed E-state index contributed by atoms with van der Waals surface area (Å²) in [6.45, 7) is 4.00. The van der Waals surface area contributed by atoms with Crippen molar-refractivity contribution in [2.75, 3.05) is 0 Å². The predicted octanol–water partition coefficient (Wildman–Crippen LogP) is 1.27. The van der Waals surface area contributed by atoms with Gasteiger partial charge in [0.25, 0.3) is 0 Å². The molecule has 0 fully saturated rings. The summed E-state index contributed by atoms with van der Waals surface area (Å²) < 4.78 is 0. The first-order valence-electron chi connectivity index (χ1n) is 8.19. The fourth-order valence-corrected chi connectivity index (χ4v) is 2.08. The van der Waals surface area contributed by atoms with E-state index < -0.39 is 24.0 Å². The molecule has 26 heavy (non-hydrogen) atoms. The topological polar surface area (TPSA) is 124 Å². The van der Waals surface area contributed by atoms with Crippen LogP contribution in [0.2, 0.25) is 0 Å². The molecule has 0 bridgehead atoms. The number of hydrogen-bond donors (Lipinski definition) is 4. The average molecular weight is 358 g/mol. The lowest BCUT2D eigenvalue weighted by molar-refractivity contribution is -0.140. The summed E-state index contributed by atoms with van der Waals surface area (Å²) in [4.78, 5) is 30.3. The minimum absolute atomic E-state index is 0.417. The molecule has 2 rings (SSSR count). The lowest BCUT2D eigenvalue weighted by Crippen LogP contribution is -2.33. The van der Waals surface area contributed by atoms with E-state index in [4.69, 9.17) is 10.2 Å². The zero-order valence-corrected chi connectivity index (χ0v) is 14.6. The first kappa shape index (κ1) is 19.5. The Balaban J connectivity index is 1.94. The van der Waals surface area contributed by atoms with Crippen LogP contribution in [0.15, 0.2) is 36.7 Å². The van der Waals surface area contributed by atoms with Gasteiger partial charge in [-0.05, 0) is 37.1 Å². The van der Waals surface area contributed by atoms with Crippen molar-refractivity contribution < 1.29 is 19.8 Å². The van der Waals surface area contributed by atoms with Gasteiger partial charge in [0.15, 0.2) is 0 Å². The molecule has 2 heterocycles. The van der Waals surface area contributed by atoms with Crippen LogP contribution in [0, 0.1) is 0 Å². The van der Waals surface area contributed by atoms with E-state index in [1.54, 1.807) is 26.2 Å². The molecular formula is C18H22N4O4. The van der Waals surface area contributed by atoms with Gasteiger partial charge in [-0.2, -0.15) is 0 Å². The average Bonchev–Trinajstić information content (AvgIpc) is 2.64. The largest absolute Gasteiger partial charge is 0.480 e. The second-order valence-electron chi connectivity index (χ2n) is 5.99. The fraction of sp³-hybridized carbons (Fsp3) is 0.333. The maximum absolute atomic E-state index is 10.8. The molecule has 138 valence electrons. The number of aliphatic carboxylic acids is 2. The molecule has 8 nitrogen and oxygen atoms in total. The van der Waals surface area contributed by atoms with Crippen LogP contribution in [-0.2, 0) is 22.7 Å². The van der Waals surface area contributed by atoms with E-state index in [9.17, 15) is 9.59 Å². The Morgan fingerprint density at radius 1 is 0.846 bits per heavy atom. The number of hydrogen-bond acceptors (Lipinski definition) is 6. The van der Waals surface area contributed by atoms with E-state index >= 15 is 0 Å². The molecule has 0 aliphatic rings. The van der Waals surface area contributed by atoms with Gasteiger partial charge >= 0.3 is 11.9 Å². The summed E-state index contributed by atoms with van der Waals surface area (Å²) in [5.74, 6) is -1.79. The first-order valence-corrected chi connectivity index (χ1v) is 8.19. The van der Waals surface area contributed by atoms with Gasteiger partial charge < -0.3 is 20.8 Å². The van der Waals surface area contributed by atoms with Crippen LogP contribution in [0.3, 0.4) is 0 Å². The van der Waals surface area contributed by atoms with Crippen molar-refractivity contribution in [3.8, 4) is 11.4 Å². The van der Waals surface area contributed by atoms with Gasteiger partial charge in [0.05, 0.1) is 11.4 Å². The smallest absolute Gasteiger partial charge is 0.320 e. The van der Waals surface area contributed by atoms with Gasteiger partial charge in [0.2, 0.25) is 0 Å². The summed E-state index contributed by atoms with van der Waals surface area (Å²) in [5, 5.41) is 23.5. The van der Waals surface area contributed by atoms with Gasteiger partial charge in [-0.25, -0.2) is 0 Å². The number of nitrogens with one attached hydrogen (secondary N) is 2. The van der Waals surface area contributed by atoms with Crippen molar-refractivity contribution in [3.05, 3.63) is 47.8 Å². The van der Waals surface area contributed by atoms with E-state index in [-0.39, 0.29) is 0 Å². The minimum Gasteiger partial charge on any atom is -0.480 e. The molecule has 0 radical (unpaired) electrons. The molecule has 2 atom stereocenters. The molecule has 0 saturated carbocycles. The maximum Gasteiger partial charge on any atom is 0.320 e. The number of pyridine rings is 2. The van der Waals surface area contributed by atoms with Crippen molar-refractivity contribution in [1.29, 1.82) is 0 Å². The number of rotatable bonds is 9. The molecular weight excluding hydrogens is 336 g/mol. The molecule has 0 aliphatic carbocycles. The Morgan fingerprint density at radius 3 is 1.50 bits per heavy atom. The summed E-state index contributed by atoms with van der Waals surface area (Å²) >= 11 is 0. The van der Waals surface area contributed by atoms with Crippen LogP contribution in [-0.4, -0.2) is 44.2 Å². The SMILES string of the molecule is C[C@H](NCc1ccc(-c2ccc(CN[C@@H](C)C(=O)O)cn2)nc1)C(=O)O. The van der Waals surface area contributed by atoms with Gasteiger partial charge in [0.1, 0.15) is 12.1 Å². The monoisotopic (exact) mass is 358 g/mol. The van der Waals surface area contributed by atoms with E-state index in [2.05, 4.69) is 20.6 Å². The number of nitrogens with zero attached hydrogens (tertiary/aromatic N) is 2. The fourth-order valence-electron chi connectivity index (χ4n) is 2.08. The Hall–Kier alpha value is -2.84. The zero-order chi connectivity index (χ0) is 19.1. The van der Waals surface area contributed by atoms with Crippen LogP contribution < -0.4 is 10.6 Å². The molecule has 2 aromatic heterocycles. The number of carbonyl (C=O) groups is 2. The Kier molecular flexibility index (Phi) is 6.76. The van der Waals surface area contributed by atoms with Crippen LogP contribution in [0.5, 0.6) is 0 Å². The molecule has 4 N–H and O–H groups in total. The first-order chi connectivity index (χ1) is 12.4. The lowest BCUT2D eigenvalue weighted by atomic mass is 10.1. The van der Waals surface area contributed by atoms with Crippen LogP contribution in [0.4, 0.5) is 0 Å². The van der Waals surface area contributed by atoms with E-state index in [1.165, 1.54) is 0 Å². The van der Waals surface area contributed by atoms with Crippen LogP contribution >= 0.6 is 0 Å². The molecule has 8 heteroatoms. The number of carboxylic acids is 2. The van der Waals surface area contributed by atoms with Gasteiger partial charge in [-0.15, -0.1) is 0 Å². The second-order valence-corrected chi connectivity index (χ2v) is 5.99. The standard InChI is InChI=1S/C18H22N4O4/c1-11(17(23)24)19-7-13-3-5-15(21-9-13)16-6-4-14(10-22-16)8-20-12(2)18(25)26/h3-6,9-12,19-20H,7-8H2,1-2H3,(H,23,24)(H,25,26)/t11-,12-/m0/s1. The summed E-state index contributed by atoms with van der Waals surface area (Å²) in [6, 6.07) is 6.15. The zero-order valence-electron chi connectivity index (χ0n) is 14.6. The Bertz CT molecular complexity index is 681. The highest BCUT2D eigenvalue weighted by Gasteiger charge is 2.11. The van der Waals surface area contributed by atoms with Gasteiger partial charge in [0, 0.05) is 25.5 Å². The lowest BCUT2D eigenvalue weighted by Gasteiger charge is -2.10. The molecule has 2 aromatic rings. The van der Waals surface area contributed by atoms with Crippen molar-refractivity contribution >= 4 is 11.9 Å². The third kappa shape index (κ3) is 5.61. The van der Waals surface area contributed by atoms with E-state index in [1.807, 2.05) is 24.3 Å². The predicted molar refractivity (Wildman–Crippen MR) is 95.3 cm³/mol. The molecule has 0 spiro atoms. The van der Waals surface area contributed by atoms with Crippen molar-refractivity contribution in [2.24, 2.45) is 0 Å². The minimum atomic E-state index is -0.897. The highest BCUT2D eigenvalue weighted by Crippen LogP contribution is 2.15. The van der Waals surface area contributed by atoms with Gasteiger partial charge in [-0.3, -0.25) is 19.6 Å². The summed E-state index contributed by atoms with van der Waals surface area (Å²) in [7, 11) is 0. The highest BCUT2D eigenvalue weighted by atomic mass is 16.4. The quantitative estimate of drug-likeness (QED) is 0.528. The summed E-state index contributed by atoms with van der Waals surface area (Å²) in [5.41, 5.74) is 3.17. The molecule has 0 unspecified atom stereocenters. The Labute approximate surface area is 151 Å². The highest BCUT2D eigenvalue weighted by molar-refractivity contribution is 5.73. The normalized spacial score (nSPS) is 13.2. The number of carboxylic acid groups (broad SMARTS) is 2. The van der Waals surface area contributed by atoms with Crippen molar-refractivity contribution in [3.63, 3.8) is 0 Å². The van der Waals surface area contributed by atoms with Crippen LogP contribution in [0.1, 0.15) is 25.0 Å². The number of aromatic nitrogens is 2. The second kappa shape index (κ2) is 9.02. The van der Waals surface area contributed by atoms with Crippen molar-refractivity contribution in [1.82, 2.24) is 20.6 Å². The van der Waals surface area contributed by atoms with Crippen molar-refractivity contribution in [2.45, 2.75) is 39.0 Å². The Morgan fingerprint density at radius 2 is 1.23 bits per heavy atom. The third-order valence-corrected chi connectivity index (χ3v) is 3.88. The maximum atomic E-state index is 10.8. The third-order valence-electron chi connectivity index (χ3n) is 3.88. The molecule has 0 amide bonds. The molecule has 0 aromatic carbocycles. The van der Waals surface area contributed by atoms with Gasteiger partial charge in [-0.1, -0.05) is 12.1 Å². The van der Waals surface area contributed by atoms with E-state index in [0.29, 0.717) is 24.5 Å². The van der Waals surface area contributed by atoms with E-state index in [0.717, 1.165) is 11.1 Å². The summed E-state index contributed by atoms with van der Waals surface area (Å²) in [6.07, 6.45) is 3.37. The molecule has 0 saturated heterocycles. The van der Waals surface area contributed by atoms with Crippen LogP contribution in [0.25, 0.3) is 11.4 Å².